The summed E-state index contributed by atoms with van der Waals surface area (Å²) in [6, 6.07) is 0. The van der Waals surface area contributed by atoms with E-state index in [1.807, 2.05) is 0 Å². The summed E-state index contributed by atoms with van der Waals surface area (Å²) in [5.74, 6) is -0.697. The second-order valence-electron chi connectivity index (χ2n) is 2.67. The van der Waals surface area contributed by atoms with Crippen LogP contribution in [0.15, 0.2) is 6.20 Å². The number of hydrogen-bond acceptors (Lipinski definition) is 5. The maximum atomic E-state index is 10.7. The van der Waals surface area contributed by atoms with E-state index in [4.69, 9.17) is 10.8 Å². The Morgan fingerprint density at radius 2 is 2.23 bits per heavy atom. The van der Waals surface area contributed by atoms with Crippen molar-refractivity contribution in [2.24, 2.45) is 0 Å². The van der Waals surface area contributed by atoms with Gasteiger partial charge in [-0.1, -0.05) is 0 Å². The van der Waals surface area contributed by atoms with Crippen LogP contribution in [-0.4, -0.2) is 35.1 Å². The summed E-state index contributed by atoms with van der Waals surface area (Å²) in [5, 5.41) is 8.76. The van der Waals surface area contributed by atoms with Crippen molar-refractivity contribution < 1.29 is 9.90 Å². The molecule has 0 fully saturated rings. The van der Waals surface area contributed by atoms with Crippen molar-refractivity contribution in [1.29, 1.82) is 0 Å². The highest BCUT2D eigenvalue weighted by Crippen LogP contribution is 2.14. The topological polar surface area (TPSA) is 92.3 Å². The van der Waals surface area contributed by atoms with Crippen LogP contribution in [0.3, 0.4) is 0 Å². The molecule has 6 nitrogen and oxygen atoms in total. The number of nitrogens with two attached hydrogens (primary N) is 1. The summed E-state index contributed by atoms with van der Waals surface area (Å²) in [5.41, 5.74) is 5.36. The largest absolute Gasteiger partial charge is 0.477 e. The molecular formula is C7H10N4O2. The number of carbonyl (C=O) groups is 1. The third-order valence-electron chi connectivity index (χ3n) is 1.44. The zero-order valence-electron chi connectivity index (χ0n) is 7.35. The number of aromatic nitrogens is 2. The monoisotopic (exact) mass is 182 g/mol. The van der Waals surface area contributed by atoms with Crippen LogP contribution in [0.4, 0.5) is 11.8 Å². The average molecular weight is 182 g/mol. The summed E-state index contributed by atoms with van der Waals surface area (Å²) in [7, 11) is 3.38. The fraction of sp³-hybridized carbons (Fsp3) is 0.286. The van der Waals surface area contributed by atoms with Crippen LogP contribution >= 0.6 is 0 Å². The van der Waals surface area contributed by atoms with Gasteiger partial charge in [0.2, 0.25) is 5.95 Å². The molecule has 1 aromatic heterocycles. The molecule has 0 aliphatic carbocycles. The number of hydrogen-bond donors (Lipinski definition) is 2. The third kappa shape index (κ3) is 1.84. The lowest BCUT2D eigenvalue weighted by Crippen LogP contribution is -2.17. The Kier molecular flexibility index (Phi) is 2.32. The highest BCUT2D eigenvalue weighted by atomic mass is 16.4. The van der Waals surface area contributed by atoms with E-state index in [0.29, 0.717) is 5.82 Å². The first kappa shape index (κ1) is 9.24. The SMILES string of the molecule is CN(C)c1nc(N)ncc1C(=O)O. The quantitative estimate of drug-likeness (QED) is 0.659. The number of anilines is 2. The molecule has 0 radical (unpaired) electrons. The summed E-state index contributed by atoms with van der Waals surface area (Å²) in [4.78, 5) is 19.7. The fourth-order valence-corrected chi connectivity index (χ4v) is 0.878. The van der Waals surface area contributed by atoms with Crippen molar-refractivity contribution >= 4 is 17.7 Å². The van der Waals surface area contributed by atoms with Crippen molar-refractivity contribution in [3.63, 3.8) is 0 Å². The first-order chi connectivity index (χ1) is 6.02. The predicted octanol–water partition coefficient (Wildman–Crippen LogP) is -0.177. The number of nitrogen functional groups attached to an aromatic ring is 1. The molecule has 0 saturated heterocycles. The molecular weight excluding hydrogens is 172 g/mol. The van der Waals surface area contributed by atoms with Crippen LogP contribution in [0.25, 0.3) is 0 Å². The van der Waals surface area contributed by atoms with Gasteiger partial charge >= 0.3 is 5.97 Å². The second-order valence-corrected chi connectivity index (χ2v) is 2.67. The molecule has 0 saturated carbocycles. The molecule has 0 aromatic carbocycles. The lowest BCUT2D eigenvalue weighted by atomic mass is 10.3. The minimum absolute atomic E-state index is 0.0409. The minimum Gasteiger partial charge on any atom is -0.477 e. The summed E-state index contributed by atoms with van der Waals surface area (Å²) in [6.45, 7) is 0. The molecule has 6 heteroatoms. The third-order valence-corrected chi connectivity index (χ3v) is 1.44. The number of carboxylic acids is 1. The van der Waals surface area contributed by atoms with Crippen molar-refractivity contribution in [3.05, 3.63) is 11.8 Å². The lowest BCUT2D eigenvalue weighted by Gasteiger charge is -2.13. The van der Waals surface area contributed by atoms with Gasteiger partial charge in [0.1, 0.15) is 11.4 Å². The molecule has 0 amide bonds. The Morgan fingerprint density at radius 1 is 1.62 bits per heavy atom. The predicted molar refractivity (Wildman–Crippen MR) is 47.7 cm³/mol. The van der Waals surface area contributed by atoms with Crippen LogP contribution in [0.1, 0.15) is 10.4 Å². The van der Waals surface area contributed by atoms with Gasteiger partial charge in [0.15, 0.2) is 0 Å². The van der Waals surface area contributed by atoms with Crippen LogP contribution in [-0.2, 0) is 0 Å². The van der Waals surface area contributed by atoms with E-state index in [1.54, 1.807) is 19.0 Å². The van der Waals surface area contributed by atoms with Crippen molar-refractivity contribution in [3.8, 4) is 0 Å². The molecule has 0 unspecified atom stereocenters. The molecule has 0 aliphatic heterocycles. The van der Waals surface area contributed by atoms with Gasteiger partial charge in [-0.15, -0.1) is 0 Å². The fourth-order valence-electron chi connectivity index (χ4n) is 0.878. The van der Waals surface area contributed by atoms with Gasteiger partial charge in [-0.3, -0.25) is 0 Å². The van der Waals surface area contributed by atoms with E-state index < -0.39 is 5.97 Å². The molecule has 0 spiro atoms. The van der Waals surface area contributed by atoms with Crippen LogP contribution in [0.2, 0.25) is 0 Å². The van der Waals surface area contributed by atoms with Gasteiger partial charge in [-0.05, 0) is 0 Å². The van der Waals surface area contributed by atoms with E-state index in [0.717, 1.165) is 0 Å². The number of carboxylic acid groups (broad SMARTS) is 1. The van der Waals surface area contributed by atoms with Crippen LogP contribution in [0, 0.1) is 0 Å². The van der Waals surface area contributed by atoms with Crippen LogP contribution < -0.4 is 10.6 Å². The van der Waals surface area contributed by atoms with Gasteiger partial charge in [0.05, 0.1) is 0 Å². The second kappa shape index (κ2) is 3.26. The summed E-state index contributed by atoms with van der Waals surface area (Å²) in [6.07, 6.45) is 1.19. The van der Waals surface area contributed by atoms with Gasteiger partial charge in [0.25, 0.3) is 0 Å². The first-order valence-electron chi connectivity index (χ1n) is 3.55. The Bertz CT molecular complexity index is 337. The average Bonchev–Trinajstić information content (AvgIpc) is 2.03. The Balaban J connectivity index is 3.26. The van der Waals surface area contributed by atoms with Gasteiger partial charge in [0, 0.05) is 20.3 Å². The first-order valence-corrected chi connectivity index (χ1v) is 3.55. The standard InChI is InChI=1S/C7H10N4O2/c1-11(2)5-4(6(12)13)3-9-7(8)10-5/h3H,1-2H3,(H,12,13)(H2,8,9,10). The van der Waals surface area contributed by atoms with Crippen molar-refractivity contribution in [2.75, 3.05) is 24.7 Å². The number of aromatic carboxylic acids is 1. The van der Waals surface area contributed by atoms with Crippen LogP contribution in [0.5, 0.6) is 0 Å². The van der Waals surface area contributed by atoms with E-state index in [1.165, 1.54) is 6.20 Å². The molecule has 1 rings (SSSR count). The van der Waals surface area contributed by atoms with E-state index in [-0.39, 0.29) is 11.5 Å². The number of rotatable bonds is 2. The molecule has 1 heterocycles. The summed E-state index contributed by atoms with van der Waals surface area (Å²) < 4.78 is 0. The Labute approximate surface area is 75.0 Å². The van der Waals surface area contributed by atoms with E-state index in [9.17, 15) is 4.79 Å². The maximum Gasteiger partial charge on any atom is 0.341 e. The van der Waals surface area contributed by atoms with E-state index in [2.05, 4.69) is 9.97 Å². The van der Waals surface area contributed by atoms with Gasteiger partial charge < -0.3 is 15.7 Å². The maximum absolute atomic E-state index is 10.7. The molecule has 3 N–H and O–H groups in total. The molecule has 70 valence electrons. The minimum atomic E-state index is -1.07. The highest BCUT2D eigenvalue weighted by Gasteiger charge is 2.13. The molecule has 0 bridgehead atoms. The zero-order chi connectivity index (χ0) is 10.0. The lowest BCUT2D eigenvalue weighted by molar-refractivity contribution is 0.0697. The zero-order valence-corrected chi connectivity index (χ0v) is 7.35. The normalized spacial score (nSPS) is 9.69. The Morgan fingerprint density at radius 3 is 2.69 bits per heavy atom. The van der Waals surface area contributed by atoms with Crippen molar-refractivity contribution in [1.82, 2.24) is 9.97 Å². The van der Waals surface area contributed by atoms with Gasteiger partial charge in [-0.2, -0.15) is 4.98 Å². The number of nitrogens with zero attached hydrogens (tertiary/aromatic N) is 3. The van der Waals surface area contributed by atoms with E-state index >= 15 is 0 Å². The highest BCUT2D eigenvalue weighted by molar-refractivity contribution is 5.93. The van der Waals surface area contributed by atoms with Crippen molar-refractivity contribution in [2.45, 2.75) is 0 Å². The molecule has 1 aromatic rings. The molecule has 0 aliphatic rings. The summed E-state index contributed by atoms with van der Waals surface area (Å²) >= 11 is 0. The Hall–Kier alpha value is -1.85. The van der Waals surface area contributed by atoms with Gasteiger partial charge in [-0.25, -0.2) is 9.78 Å². The smallest absolute Gasteiger partial charge is 0.341 e. The molecule has 13 heavy (non-hydrogen) atoms. The molecule has 0 atom stereocenters.